The highest BCUT2D eigenvalue weighted by atomic mass is 16.5. The van der Waals surface area contributed by atoms with E-state index in [4.69, 9.17) is 4.74 Å². The van der Waals surface area contributed by atoms with Gasteiger partial charge in [-0.25, -0.2) is 0 Å². The maximum absolute atomic E-state index is 4.96. The Bertz CT molecular complexity index is 92.6. The van der Waals surface area contributed by atoms with Gasteiger partial charge in [-0.2, -0.15) is 0 Å². The first-order valence-corrected chi connectivity index (χ1v) is 2.64. The molecule has 1 heteroatoms. The van der Waals surface area contributed by atoms with E-state index in [9.17, 15) is 0 Å². The maximum Gasteiger partial charge on any atom is 0.108 e. The highest BCUT2D eigenvalue weighted by Crippen LogP contribution is 1.87. The van der Waals surface area contributed by atoms with Crippen LogP contribution >= 0.6 is 0 Å². The van der Waals surface area contributed by atoms with Crippen molar-refractivity contribution in [2.45, 2.75) is 13.8 Å². The van der Waals surface area contributed by atoms with Crippen molar-refractivity contribution >= 4 is 0 Å². The summed E-state index contributed by atoms with van der Waals surface area (Å²) in [6.45, 7) is 8.15. The first kappa shape index (κ1) is 7.28. The summed E-state index contributed by atoms with van der Waals surface area (Å²) in [7, 11) is 0. The molecule has 8 heavy (non-hydrogen) atoms. The third kappa shape index (κ3) is 5.28. The van der Waals surface area contributed by atoms with Crippen molar-refractivity contribution in [1.82, 2.24) is 0 Å². The second-order valence-corrected chi connectivity index (χ2v) is 1.74. The number of rotatable bonds is 3. The fraction of sp³-hybridized carbons (Fsp3) is 0.429. The van der Waals surface area contributed by atoms with Gasteiger partial charge in [0.25, 0.3) is 0 Å². The Labute approximate surface area is 50.7 Å². The molecule has 0 spiro atoms. The predicted molar refractivity (Wildman–Crippen MR) is 35.6 cm³/mol. The fourth-order valence-electron chi connectivity index (χ4n) is 0.287. The van der Waals surface area contributed by atoms with Crippen LogP contribution in [0.25, 0.3) is 0 Å². The molecule has 0 unspecified atom stereocenters. The molecule has 0 fully saturated rings. The van der Waals surface area contributed by atoms with E-state index in [-0.39, 0.29) is 0 Å². The van der Waals surface area contributed by atoms with Gasteiger partial charge in [0.1, 0.15) is 6.61 Å². The van der Waals surface area contributed by atoms with Crippen LogP contribution in [0.15, 0.2) is 24.5 Å². The largest absolute Gasteiger partial charge is 0.497 e. The molecule has 0 aliphatic rings. The van der Waals surface area contributed by atoms with Crippen molar-refractivity contribution in [1.29, 1.82) is 0 Å². The molecule has 0 N–H and O–H groups in total. The van der Waals surface area contributed by atoms with Crippen LogP contribution in [0.1, 0.15) is 13.8 Å². The van der Waals surface area contributed by atoms with E-state index in [1.54, 1.807) is 6.26 Å². The molecule has 0 radical (unpaired) electrons. The van der Waals surface area contributed by atoms with Gasteiger partial charge in [0, 0.05) is 0 Å². The summed E-state index contributed by atoms with van der Waals surface area (Å²) in [5.74, 6) is 0. The molecule has 0 aliphatic heterocycles. The molecule has 0 saturated heterocycles. The van der Waals surface area contributed by atoms with Gasteiger partial charge < -0.3 is 4.74 Å². The number of ether oxygens (including phenoxy) is 1. The predicted octanol–water partition coefficient (Wildman–Crippen LogP) is 2.11. The highest BCUT2D eigenvalue weighted by molar-refractivity contribution is 4.88. The van der Waals surface area contributed by atoms with Crippen LogP contribution in [-0.2, 0) is 4.74 Å². The van der Waals surface area contributed by atoms with Crippen molar-refractivity contribution in [3.05, 3.63) is 24.5 Å². The standard InChI is InChI=1S/C7H12O/c1-4-5-8-6-7(2)3/h4-5H,2,6H2,1,3H3. The van der Waals surface area contributed by atoms with Crippen LogP contribution in [0.2, 0.25) is 0 Å². The Kier molecular flexibility index (Phi) is 4.04. The van der Waals surface area contributed by atoms with Crippen LogP contribution in [0.3, 0.4) is 0 Å². The van der Waals surface area contributed by atoms with E-state index in [0.717, 1.165) is 5.57 Å². The molecule has 0 amide bonds. The van der Waals surface area contributed by atoms with Crippen LogP contribution in [0, 0.1) is 0 Å². The first-order valence-electron chi connectivity index (χ1n) is 2.64. The third-order valence-corrected chi connectivity index (χ3v) is 0.562. The maximum atomic E-state index is 4.96. The molecule has 0 aliphatic carbocycles. The molecule has 0 saturated carbocycles. The van der Waals surface area contributed by atoms with Crippen molar-refractivity contribution in [2.75, 3.05) is 6.61 Å². The Morgan fingerprint density at radius 2 is 2.38 bits per heavy atom. The van der Waals surface area contributed by atoms with E-state index in [1.807, 2.05) is 19.9 Å². The Morgan fingerprint density at radius 3 is 2.75 bits per heavy atom. The van der Waals surface area contributed by atoms with E-state index >= 15 is 0 Å². The molecule has 0 aromatic rings. The third-order valence-electron chi connectivity index (χ3n) is 0.562. The second kappa shape index (κ2) is 4.44. The molecule has 0 aromatic heterocycles. The molecular formula is C7H12O. The van der Waals surface area contributed by atoms with Crippen LogP contribution < -0.4 is 0 Å². The van der Waals surface area contributed by atoms with Gasteiger partial charge in [0.15, 0.2) is 0 Å². The molecular weight excluding hydrogens is 100 g/mol. The minimum Gasteiger partial charge on any atom is -0.497 e. The van der Waals surface area contributed by atoms with Gasteiger partial charge in [0.05, 0.1) is 6.26 Å². The SMILES string of the molecule is C=C(C)COC=CC. The van der Waals surface area contributed by atoms with Gasteiger partial charge in [-0.1, -0.05) is 12.7 Å². The van der Waals surface area contributed by atoms with Gasteiger partial charge in [-0.15, -0.1) is 0 Å². The zero-order chi connectivity index (χ0) is 6.41. The zero-order valence-corrected chi connectivity index (χ0v) is 5.48. The lowest BCUT2D eigenvalue weighted by atomic mass is 10.4. The smallest absolute Gasteiger partial charge is 0.108 e. The number of allylic oxidation sites excluding steroid dienone is 1. The minimum atomic E-state index is 0.629. The monoisotopic (exact) mass is 112 g/mol. The topological polar surface area (TPSA) is 9.23 Å². The van der Waals surface area contributed by atoms with E-state index in [0.29, 0.717) is 6.61 Å². The lowest BCUT2D eigenvalue weighted by molar-refractivity contribution is 0.280. The molecule has 1 nitrogen and oxygen atoms in total. The fourth-order valence-corrected chi connectivity index (χ4v) is 0.287. The van der Waals surface area contributed by atoms with Crippen molar-refractivity contribution in [3.8, 4) is 0 Å². The number of hydrogen-bond donors (Lipinski definition) is 0. The molecule has 0 bridgehead atoms. The molecule has 0 rings (SSSR count). The Balaban J connectivity index is 3.05. The van der Waals surface area contributed by atoms with Crippen LogP contribution in [0.4, 0.5) is 0 Å². The summed E-state index contributed by atoms with van der Waals surface area (Å²) in [5.41, 5.74) is 1.04. The normalized spacial score (nSPS) is 9.75. The van der Waals surface area contributed by atoms with Gasteiger partial charge in [-0.3, -0.25) is 0 Å². The summed E-state index contributed by atoms with van der Waals surface area (Å²) in [6, 6.07) is 0. The Hall–Kier alpha value is -0.720. The summed E-state index contributed by atoms with van der Waals surface area (Å²) in [5, 5.41) is 0. The quantitative estimate of drug-likeness (QED) is 0.401. The van der Waals surface area contributed by atoms with Crippen LogP contribution in [-0.4, -0.2) is 6.61 Å². The van der Waals surface area contributed by atoms with Crippen molar-refractivity contribution in [3.63, 3.8) is 0 Å². The van der Waals surface area contributed by atoms with E-state index in [2.05, 4.69) is 6.58 Å². The first-order chi connectivity index (χ1) is 3.77. The molecule has 0 atom stereocenters. The molecule has 0 heterocycles. The summed E-state index contributed by atoms with van der Waals surface area (Å²) in [4.78, 5) is 0. The molecule has 46 valence electrons. The lowest BCUT2D eigenvalue weighted by Gasteiger charge is -1.95. The van der Waals surface area contributed by atoms with Crippen molar-refractivity contribution < 1.29 is 4.74 Å². The highest BCUT2D eigenvalue weighted by Gasteiger charge is 1.78. The van der Waals surface area contributed by atoms with Crippen LogP contribution in [0.5, 0.6) is 0 Å². The average molecular weight is 112 g/mol. The summed E-state index contributed by atoms with van der Waals surface area (Å²) >= 11 is 0. The van der Waals surface area contributed by atoms with E-state index in [1.165, 1.54) is 0 Å². The molecule has 0 aromatic carbocycles. The Morgan fingerprint density at radius 1 is 1.75 bits per heavy atom. The van der Waals surface area contributed by atoms with Gasteiger partial charge in [-0.05, 0) is 19.4 Å². The summed E-state index contributed by atoms with van der Waals surface area (Å²) in [6.07, 6.45) is 3.51. The zero-order valence-electron chi connectivity index (χ0n) is 5.48. The average Bonchev–Trinajstić information content (AvgIpc) is 1.66. The summed E-state index contributed by atoms with van der Waals surface area (Å²) < 4.78 is 4.96. The van der Waals surface area contributed by atoms with Crippen molar-refractivity contribution in [2.24, 2.45) is 0 Å². The number of hydrogen-bond acceptors (Lipinski definition) is 1. The van der Waals surface area contributed by atoms with Gasteiger partial charge in [0.2, 0.25) is 0 Å². The second-order valence-electron chi connectivity index (χ2n) is 1.74. The lowest BCUT2D eigenvalue weighted by Crippen LogP contribution is -1.85. The van der Waals surface area contributed by atoms with E-state index < -0.39 is 0 Å². The minimum absolute atomic E-state index is 0.629. The van der Waals surface area contributed by atoms with Gasteiger partial charge >= 0.3 is 0 Å².